The van der Waals surface area contributed by atoms with E-state index in [0.29, 0.717) is 5.56 Å². The normalized spacial score (nSPS) is 12.1. The summed E-state index contributed by atoms with van der Waals surface area (Å²) >= 11 is 3.13. The Bertz CT molecular complexity index is 410. The molecule has 0 fully saturated rings. The predicted octanol–water partition coefficient (Wildman–Crippen LogP) is 0.541. The van der Waals surface area contributed by atoms with Crippen molar-refractivity contribution >= 4 is 28.9 Å². The van der Waals surface area contributed by atoms with E-state index in [1.165, 1.54) is 18.2 Å². The minimum atomic E-state index is -2.64. The van der Waals surface area contributed by atoms with Gasteiger partial charge in [0, 0.05) is 11.1 Å². The fourth-order valence-corrected chi connectivity index (χ4v) is 1.49. The van der Waals surface area contributed by atoms with Crippen LogP contribution >= 0.6 is 11.6 Å². The van der Waals surface area contributed by atoms with Gasteiger partial charge in [-0.1, -0.05) is 17.7 Å². The summed E-state index contributed by atoms with van der Waals surface area (Å²) in [5.74, 6) is -0.431. The third kappa shape index (κ3) is 3.86. The van der Waals surface area contributed by atoms with Crippen LogP contribution in [0.5, 0.6) is 5.75 Å². The lowest BCUT2D eigenvalue weighted by molar-refractivity contribution is -0.117. The molecule has 1 unspecified atom stereocenters. The fourth-order valence-electron chi connectivity index (χ4n) is 0.990. The van der Waals surface area contributed by atoms with Crippen molar-refractivity contribution < 1.29 is 17.7 Å². The Hall–Kier alpha value is -1.11. The average Bonchev–Trinajstić information content (AvgIpc) is 2.08. The van der Waals surface area contributed by atoms with E-state index in [1.807, 2.05) is 0 Å². The van der Waals surface area contributed by atoms with E-state index < -0.39 is 17.3 Å². The Balaban J connectivity index is 2.87. The maximum atomic E-state index is 10.6. The first kappa shape index (κ1) is 12.0. The Kier molecular flexibility index (Phi) is 4.07. The first-order valence-corrected chi connectivity index (χ1v) is 5.21. The topological polar surface area (TPSA) is 92.5 Å². The van der Waals surface area contributed by atoms with E-state index in [2.05, 4.69) is 4.18 Å². The second-order valence-electron chi connectivity index (χ2n) is 2.68. The second kappa shape index (κ2) is 5.11. The SMILES string of the molecule is NC(=O)Cc1ccc(OS(=O)[O-])cc1Cl. The number of halogens is 1. The van der Waals surface area contributed by atoms with Gasteiger partial charge in [-0.25, -0.2) is 4.21 Å². The van der Waals surface area contributed by atoms with E-state index in [0.717, 1.165) is 0 Å². The number of hydrogen-bond donors (Lipinski definition) is 1. The first-order valence-electron chi connectivity index (χ1n) is 3.83. The Morgan fingerprint density at radius 2 is 2.27 bits per heavy atom. The molecular weight excluding hydrogens is 242 g/mol. The lowest BCUT2D eigenvalue weighted by atomic mass is 10.1. The Morgan fingerprint density at radius 3 is 2.73 bits per heavy atom. The van der Waals surface area contributed by atoms with Crippen molar-refractivity contribution in [3.05, 3.63) is 28.8 Å². The highest BCUT2D eigenvalue weighted by molar-refractivity contribution is 7.74. The van der Waals surface area contributed by atoms with Gasteiger partial charge in [-0.3, -0.25) is 4.79 Å². The Morgan fingerprint density at radius 1 is 1.60 bits per heavy atom. The van der Waals surface area contributed by atoms with Crippen LogP contribution in [0.25, 0.3) is 0 Å². The molecule has 1 aromatic carbocycles. The van der Waals surface area contributed by atoms with Gasteiger partial charge in [0.05, 0.1) is 6.42 Å². The largest absolute Gasteiger partial charge is 0.740 e. The molecule has 1 atom stereocenters. The second-order valence-corrected chi connectivity index (χ2v) is 3.67. The van der Waals surface area contributed by atoms with E-state index in [9.17, 15) is 13.6 Å². The fraction of sp³-hybridized carbons (Fsp3) is 0.125. The van der Waals surface area contributed by atoms with E-state index >= 15 is 0 Å². The Labute approximate surface area is 93.7 Å². The molecule has 0 aliphatic carbocycles. The van der Waals surface area contributed by atoms with Gasteiger partial charge in [0.15, 0.2) is 0 Å². The summed E-state index contributed by atoms with van der Waals surface area (Å²) in [7, 11) is 0. The molecule has 82 valence electrons. The number of amides is 1. The van der Waals surface area contributed by atoms with Crippen LogP contribution < -0.4 is 9.92 Å². The molecule has 1 amide bonds. The van der Waals surface area contributed by atoms with Gasteiger partial charge >= 0.3 is 0 Å². The number of benzene rings is 1. The number of primary amides is 1. The van der Waals surface area contributed by atoms with Crippen molar-refractivity contribution in [2.24, 2.45) is 5.73 Å². The zero-order chi connectivity index (χ0) is 11.4. The summed E-state index contributed by atoms with van der Waals surface area (Å²) in [4.78, 5) is 10.6. The molecule has 1 rings (SSSR count). The summed E-state index contributed by atoms with van der Waals surface area (Å²) in [5.41, 5.74) is 5.51. The molecule has 0 aliphatic heterocycles. The number of carbonyl (C=O) groups is 1. The number of hydrogen-bond acceptors (Lipinski definition) is 4. The molecule has 5 nitrogen and oxygen atoms in total. The quantitative estimate of drug-likeness (QED) is 0.787. The molecule has 0 spiro atoms. The zero-order valence-corrected chi connectivity index (χ0v) is 9.01. The van der Waals surface area contributed by atoms with Gasteiger partial charge in [-0.05, 0) is 11.6 Å². The van der Waals surface area contributed by atoms with Crippen LogP contribution in [0.3, 0.4) is 0 Å². The first-order chi connectivity index (χ1) is 6.99. The molecule has 0 saturated carbocycles. The number of nitrogens with two attached hydrogens (primary N) is 1. The highest BCUT2D eigenvalue weighted by Crippen LogP contribution is 2.23. The molecule has 0 radical (unpaired) electrons. The standard InChI is InChI=1S/C8H8ClNO4S/c9-7-4-6(14-15(12)13)2-1-5(7)3-8(10)11/h1-2,4H,3H2,(H2,10,11)(H,12,13)/p-1. The van der Waals surface area contributed by atoms with Crippen LogP contribution in [0.2, 0.25) is 5.02 Å². The van der Waals surface area contributed by atoms with Gasteiger partial charge < -0.3 is 14.5 Å². The van der Waals surface area contributed by atoms with Crippen LogP contribution in [0.4, 0.5) is 0 Å². The summed E-state index contributed by atoms with van der Waals surface area (Å²) < 4.78 is 24.8. The molecule has 0 aliphatic rings. The van der Waals surface area contributed by atoms with Crippen LogP contribution in [0.1, 0.15) is 5.56 Å². The highest BCUT2D eigenvalue weighted by atomic mass is 35.5. The molecule has 0 heterocycles. The lowest BCUT2D eigenvalue weighted by Gasteiger charge is -2.08. The van der Waals surface area contributed by atoms with Crippen molar-refractivity contribution in [1.82, 2.24) is 0 Å². The van der Waals surface area contributed by atoms with Crippen molar-refractivity contribution in [3.63, 3.8) is 0 Å². The zero-order valence-electron chi connectivity index (χ0n) is 7.44. The van der Waals surface area contributed by atoms with Gasteiger partial charge in [-0.2, -0.15) is 0 Å². The van der Waals surface area contributed by atoms with Crippen molar-refractivity contribution in [2.75, 3.05) is 0 Å². The third-order valence-corrected chi connectivity index (χ3v) is 2.23. The molecule has 7 heteroatoms. The van der Waals surface area contributed by atoms with Crippen molar-refractivity contribution in [3.8, 4) is 5.75 Å². The maximum Gasteiger partial charge on any atom is 0.221 e. The summed E-state index contributed by atoms with van der Waals surface area (Å²) in [6, 6.07) is 4.17. The summed E-state index contributed by atoms with van der Waals surface area (Å²) in [6.45, 7) is 0. The van der Waals surface area contributed by atoms with Crippen molar-refractivity contribution in [1.29, 1.82) is 0 Å². The number of rotatable bonds is 4. The minimum Gasteiger partial charge on any atom is -0.740 e. The van der Waals surface area contributed by atoms with Crippen LogP contribution in [-0.4, -0.2) is 14.7 Å². The highest BCUT2D eigenvalue weighted by Gasteiger charge is 2.05. The smallest absolute Gasteiger partial charge is 0.221 e. The van der Waals surface area contributed by atoms with Crippen molar-refractivity contribution in [2.45, 2.75) is 6.42 Å². The molecule has 15 heavy (non-hydrogen) atoms. The van der Waals surface area contributed by atoms with E-state index in [4.69, 9.17) is 17.3 Å². The summed E-state index contributed by atoms with van der Waals surface area (Å²) in [5, 5.41) is 0.233. The van der Waals surface area contributed by atoms with Gasteiger partial charge in [0.1, 0.15) is 17.1 Å². The van der Waals surface area contributed by atoms with Gasteiger partial charge in [-0.15, -0.1) is 0 Å². The predicted molar refractivity (Wildman–Crippen MR) is 53.9 cm³/mol. The van der Waals surface area contributed by atoms with Crippen LogP contribution in [0.15, 0.2) is 18.2 Å². The van der Waals surface area contributed by atoms with E-state index in [1.54, 1.807) is 0 Å². The maximum absolute atomic E-state index is 10.6. The monoisotopic (exact) mass is 248 g/mol. The molecule has 1 aromatic rings. The minimum absolute atomic E-state index is 0.000419. The van der Waals surface area contributed by atoms with Crippen LogP contribution in [-0.2, 0) is 22.6 Å². The molecule has 0 bridgehead atoms. The molecule has 2 N–H and O–H groups in total. The lowest BCUT2D eigenvalue weighted by Crippen LogP contribution is -2.13. The number of carbonyl (C=O) groups excluding carboxylic acids is 1. The summed E-state index contributed by atoms with van der Waals surface area (Å²) in [6.07, 6.45) is -0.000419. The van der Waals surface area contributed by atoms with Gasteiger partial charge in [0.2, 0.25) is 5.91 Å². The molecule has 0 saturated heterocycles. The molecule has 0 aromatic heterocycles. The van der Waals surface area contributed by atoms with Gasteiger partial charge in [0.25, 0.3) is 0 Å². The van der Waals surface area contributed by atoms with Crippen LogP contribution in [0, 0.1) is 0 Å². The third-order valence-electron chi connectivity index (χ3n) is 1.55. The van der Waals surface area contributed by atoms with E-state index in [-0.39, 0.29) is 17.2 Å². The molecular formula is C8H7ClNO4S-. The average molecular weight is 249 g/mol.